The zero-order chi connectivity index (χ0) is 24.1. The second-order valence-electron chi connectivity index (χ2n) is 10.6. The maximum absolute atomic E-state index is 12.3. The number of aliphatic hydroxyl groups is 2. The van der Waals surface area contributed by atoms with Crippen LogP contribution in [0, 0.1) is 5.41 Å². The van der Waals surface area contributed by atoms with Gasteiger partial charge in [-0.3, -0.25) is 4.98 Å². The van der Waals surface area contributed by atoms with Gasteiger partial charge in [0.15, 0.2) is 0 Å². The van der Waals surface area contributed by atoms with Crippen molar-refractivity contribution in [2.24, 2.45) is 5.41 Å². The van der Waals surface area contributed by atoms with Crippen LogP contribution < -0.4 is 5.32 Å². The van der Waals surface area contributed by atoms with Crippen molar-refractivity contribution in [2.75, 3.05) is 13.1 Å². The van der Waals surface area contributed by atoms with Crippen molar-refractivity contribution >= 4 is 12.4 Å². The fraction of sp³-hybridized carbons (Fsp3) is 0.500. The third kappa shape index (κ3) is 4.38. The summed E-state index contributed by atoms with van der Waals surface area (Å²) in [6, 6.07) is 10.2. The number of nitrogens with zero attached hydrogens (tertiary/aromatic N) is 3. The Morgan fingerprint density at radius 3 is 2.12 bits per heavy atom. The largest absolute Gasteiger partial charge is 0.381 e. The van der Waals surface area contributed by atoms with Gasteiger partial charge in [0, 0.05) is 42.0 Å². The highest BCUT2D eigenvalue weighted by molar-refractivity contribution is 5.85. The van der Waals surface area contributed by atoms with Crippen molar-refractivity contribution in [3.05, 3.63) is 65.3 Å². The molecule has 2 aromatic heterocycles. The fourth-order valence-electron chi connectivity index (χ4n) is 4.34. The Balaban J connectivity index is 0.00000324. The van der Waals surface area contributed by atoms with Crippen LogP contribution in [0.25, 0.3) is 11.4 Å². The van der Waals surface area contributed by atoms with Crippen molar-refractivity contribution in [2.45, 2.75) is 64.6 Å². The molecule has 1 aliphatic heterocycles. The topological polar surface area (TPSA) is 104 Å². The first-order chi connectivity index (χ1) is 15.4. The van der Waals surface area contributed by atoms with Crippen LogP contribution in [0.3, 0.4) is 0 Å². The molecule has 0 radical (unpaired) electrons. The van der Waals surface area contributed by atoms with E-state index in [9.17, 15) is 10.2 Å². The first-order valence-corrected chi connectivity index (χ1v) is 11.5. The Labute approximate surface area is 207 Å². The number of pyridine rings is 1. The van der Waals surface area contributed by atoms with Gasteiger partial charge in [-0.15, -0.1) is 12.4 Å². The molecule has 0 spiro atoms. The Morgan fingerprint density at radius 2 is 1.62 bits per heavy atom. The third-order valence-corrected chi connectivity index (χ3v) is 7.24. The first kappa shape index (κ1) is 26.3. The van der Waals surface area contributed by atoms with Gasteiger partial charge in [0.25, 0.3) is 5.89 Å². The van der Waals surface area contributed by atoms with Gasteiger partial charge in [-0.25, -0.2) is 0 Å². The average Bonchev–Trinajstić information content (AvgIpc) is 3.28. The number of rotatable bonds is 7. The molecule has 3 N–H and O–H groups in total. The molecule has 8 heteroatoms. The van der Waals surface area contributed by atoms with Gasteiger partial charge in [-0.1, -0.05) is 57.1 Å². The smallest absolute Gasteiger partial charge is 0.258 e. The number of benzene rings is 1. The second kappa shape index (κ2) is 9.04. The van der Waals surface area contributed by atoms with Crippen LogP contribution in [-0.4, -0.2) is 38.4 Å². The van der Waals surface area contributed by atoms with Crippen LogP contribution in [0.5, 0.6) is 0 Å². The minimum absolute atomic E-state index is 0. The zero-order valence-corrected chi connectivity index (χ0v) is 21.5. The second-order valence-corrected chi connectivity index (χ2v) is 10.6. The fourth-order valence-corrected chi connectivity index (χ4v) is 4.34. The molecule has 0 unspecified atom stereocenters. The lowest BCUT2D eigenvalue weighted by molar-refractivity contribution is -0.0769. The van der Waals surface area contributed by atoms with E-state index in [4.69, 9.17) is 4.52 Å². The van der Waals surface area contributed by atoms with E-state index in [1.807, 2.05) is 18.2 Å². The summed E-state index contributed by atoms with van der Waals surface area (Å²) in [5.41, 5.74) is 0.499. The number of nitrogens with one attached hydrogen (secondary N) is 1. The maximum Gasteiger partial charge on any atom is 0.258 e. The molecule has 4 rings (SSSR count). The molecule has 1 saturated heterocycles. The summed E-state index contributed by atoms with van der Waals surface area (Å²) in [6.07, 6.45) is 4.37. The van der Waals surface area contributed by atoms with Gasteiger partial charge >= 0.3 is 0 Å². The SMILES string of the molecule is CCC(C)(C)c1ccc([C@](O)(c2cncc(-c3noc(C(C)(C)O)n3)c2)C2(C)CNC2)cc1.Cl. The van der Waals surface area contributed by atoms with E-state index in [0.29, 0.717) is 30.0 Å². The van der Waals surface area contributed by atoms with Crippen LogP contribution in [-0.2, 0) is 16.6 Å². The molecule has 184 valence electrons. The molecule has 0 aliphatic carbocycles. The normalized spacial score (nSPS) is 17.4. The van der Waals surface area contributed by atoms with E-state index < -0.39 is 16.6 Å². The van der Waals surface area contributed by atoms with Crippen LogP contribution >= 0.6 is 12.4 Å². The van der Waals surface area contributed by atoms with E-state index in [2.05, 4.69) is 60.3 Å². The molecular weight excluding hydrogens is 452 g/mol. The van der Waals surface area contributed by atoms with E-state index in [1.54, 1.807) is 26.2 Å². The summed E-state index contributed by atoms with van der Waals surface area (Å²) in [6.45, 7) is 13.3. The molecule has 1 aromatic carbocycles. The summed E-state index contributed by atoms with van der Waals surface area (Å²) < 4.78 is 5.24. The van der Waals surface area contributed by atoms with Gasteiger partial charge in [-0.2, -0.15) is 4.98 Å². The number of aromatic nitrogens is 3. The minimum Gasteiger partial charge on any atom is -0.381 e. The highest BCUT2D eigenvalue weighted by atomic mass is 35.5. The first-order valence-electron chi connectivity index (χ1n) is 11.5. The monoisotopic (exact) mass is 486 g/mol. The third-order valence-electron chi connectivity index (χ3n) is 7.24. The predicted octanol–water partition coefficient (Wildman–Crippen LogP) is 4.31. The van der Waals surface area contributed by atoms with Crippen LogP contribution in [0.15, 0.2) is 47.2 Å². The molecule has 1 fully saturated rings. The van der Waals surface area contributed by atoms with Gasteiger partial charge < -0.3 is 20.1 Å². The summed E-state index contributed by atoms with van der Waals surface area (Å²) in [4.78, 5) is 8.73. The van der Waals surface area contributed by atoms with E-state index in [0.717, 1.165) is 12.0 Å². The Kier molecular flexibility index (Phi) is 6.99. The summed E-state index contributed by atoms with van der Waals surface area (Å²) >= 11 is 0. The van der Waals surface area contributed by atoms with E-state index in [1.165, 1.54) is 5.56 Å². The molecule has 0 amide bonds. The van der Waals surface area contributed by atoms with Gasteiger partial charge in [0.1, 0.15) is 11.2 Å². The molecule has 3 aromatic rings. The highest BCUT2D eigenvalue weighted by Crippen LogP contribution is 2.48. The maximum atomic E-state index is 12.3. The summed E-state index contributed by atoms with van der Waals surface area (Å²) in [5.74, 6) is 0.447. The van der Waals surface area contributed by atoms with Crippen LogP contribution in [0.4, 0.5) is 0 Å². The Morgan fingerprint density at radius 1 is 1.00 bits per heavy atom. The van der Waals surface area contributed by atoms with Crippen LogP contribution in [0.1, 0.15) is 70.5 Å². The summed E-state index contributed by atoms with van der Waals surface area (Å²) in [7, 11) is 0. The van der Waals surface area contributed by atoms with Crippen molar-refractivity contribution in [3.63, 3.8) is 0 Å². The van der Waals surface area contributed by atoms with Crippen LogP contribution in [0.2, 0.25) is 0 Å². The molecule has 34 heavy (non-hydrogen) atoms. The summed E-state index contributed by atoms with van der Waals surface area (Å²) in [5, 5.41) is 29.8. The Hall–Kier alpha value is -2.32. The molecule has 0 bridgehead atoms. The lowest BCUT2D eigenvalue weighted by Gasteiger charge is -2.52. The van der Waals surface area contributed by atoms with Crippen molar-refractivity contribution in [1.82, 2.24) is 20.4 Å². The standard InChI is InChI=1S/C26H34N4O3.ClH/c1-7-23(2,3)18-8-10-19(11-9-18)26(32,25(6)15-28-16-25)20-12-17(13-27-14-20)21-29-22(33-30-21)24(4,5)31;/h8-14,28,31-32H,7,15-16H2,1-6H3;1H/t26-;/m0./s1. The molecule has 7 nitrogen and oxygen atoms in total. The lowest BCUT2D eigenvalue weighted by Crippen LogP contribution is -2.63. The predicted molar refractivity (Wildman–Crippen MR) is 134 cm³/mol. The number of halogens is 1. The van der Waals surface area contributed by atoms with Crippen molar-refractivity contribution in [3.8, 4) is 11.4 Å². The number of hydrogen-bond donors (Lipinski definition) is 3. The average molecular weight is 487 g/mol. The van der Waals surface area contributed by atoms with E-state index in [-0.39, 0.29) is 23.7 Å². The van der Waals surface area contributed by atoms with Crippen molar-refractivity contribution in [1.29, 1.82) is 0 Å². The molecule has 3 heterocycles. The van der Waals surface area contributed by atoms with Gasteiger partial charge in [-0.05, 0) is 42.9 Å². The zero-order valence-electron chi connectivity index (χ0n) is 20.7. The molecular formula is C26H35ClN4O3. The van der Waals surface area contributed by atoms with Gasteiger partial charge in [0.2, 0.25) is 5.82 Å². The molecule has 0 saturated carbocycles. The molecule has 1 atom stereocenters. The quantitative estimate of drug-likeness (QED) is 0.457. The molecule has 1 aliphatic rings. The highest BCUT2D eigenvalue weighted by Gasteiger charge is 2.53. The lowest BCUT2D eigenvalue weighted by atomic mass is 9.62. The Bertz CT molecular complexity index is 1130. The van der Waals surface area contributed by atoms with E-state index >= 15 is 0 Å². The minimum atomic E-state index is -1.26. The van der Waals surface area contributed by atoms with Gasteiger partial charge in [0.05, 0.1) is 0 Å². The number of hydrogen-bond acceptors (Lipinski definition) is 7. The van der Waals surface area contributed by atoms with Crippen molar-refractivity contribution < 1.29 is 14.7 Å².